The lowest BCUT2D eigenvalue weighted by Crippen LogP contribution is -2.34. The normalized spacial score (nSPS) is 16.1. The summed E-state index contributed by atoms with van der Waals surface area (Å²) in [7, 11) is 2.17. The molecule has 1 aliphatic rings. The summed E-state index contributed by atoms with van der Waals surface area (Å²) in [6.07, 6.45) is 2.56. The van der Waals surface area contributed by atoms with Gasteiger partial charge in [-0.25, -0.2) is 0 Å². The second-order valence-corrected chi connectivity index (χ2v) is 7.00. The monoisotopic (exact) mass is 316 g/mol. The number of nitrogens with zero attached hydrogens (tertiary/aromatic N) is 1. The van der Waals surface area contributed by atoms with Crippen LogP contribution in [-0.2, 0) is 13.1 Å². The van der Waals surface area contributed by atoms with Crippen LogP contribution in [0.25, 0.3) is 0 Å². The zero-order valence-electron chi connectivity index (χ0n) is 13.1. The fourth-order valence-corrected chi connectivity index (χ4v) is 3.64. The van der Waals surface area contributed by atoms with Crippen molar-refractivity contribution < 1.29 is 4.74 Å². The highest BCUT2D eigenvalue weighted by Crippen LogP contribution is 2.20. The molecule has 0 saturated carbocycles. The minimum atomic E-state index is 0.361. The zero-order chi connectivity index (χ0) is 15.2. The lowest BCUT2D eigenvalue weighted by Gasteiger charge is -2.24. The lowest BCUT2D eigenvalue weighted by atomic mass is 10.1. The van der Waals surface area contributed by atoms with Crippen LogP contribution in [0.2, 0.25) is 0 Å². The van der Waals surface area contributed by atoms with Crippen LogP contribution in [-0.4, -0.2) is 31.1 Å². The van der Waals surface area contributed by atoms with Gasteiger partial charge >= 0.3 is 0 Å². The summed E-state index contributed by atoms with van der Waals surface area (Å²) >= 11 is 1.82. The minimum Gasteiger partial charge on any atom is -0.490 e. The Kier molecular flexibility index (Phi) is 5.48. The van der Waals surface area contributed by atoms with E-state index in [0.717, 1.165) is 44.8 Å². The quantitative estimate of drug-likeness (QED) is 0.882. The molecule has 0 bridgehead atoms. The second kappa shape index (κ2) is 7.77. The molecule has 118 valence electrons. The second-order valence-electron chi connectivity index (χ2n) is 5.97. The molecule has 3 rings (SSSR count). The minimum absolute atomic E-state index is 0.361. The van der Waals surface area contributed by atoms with E-state index in [1.807, 2.05) is 11.3 Å². The molecule has 1 aliphatic heterocycles. The molecule has 3 nitrogen and oxygen atoms in total. The Morgan fingerprint density at radius 3 is 2.82 bits per heavy atom. The Morgan fingerprint density at radius 1 is 1.18 bits per heavy atom. The van der Waals surface area contributed by atoms with Crippen molar-refractivity contribution in [1.29, 1.82) is 0 Å². The van der Waals surface area contributed by atoms with Gasteiger partial charge < -0.3 is 10.1 Å². The fraction of sp³-hybridized carbons (Fsp3) is 0.444. The summed E-state index contributed by atoms with van der Waals surface area (Å²) in [4.78, 5) is 3.75. The number of piperidine rings is 1. The van der Waals surface area contributed by atoms with Crippen LogP contribution < -0.4 is 10.1 Å². The van der Waals surface area contributed by atoms with Crippen LogP contribution in [0.5, 0.6) is 5.75 Å². The van der Waals surface area contributed by atoms with Crippen LogP contribution in [0.4, 0.5) is 0 Å². The predicted molar refractivity (Wildman–Crippen MR) is 92.5 cm³/mol. The molecular weight excluding hydrogens is 292 g/mol. The molecule has 0 spiro atoms. The third-order valence-corrected chi connectivity index (χ3v) is 4.81. The molecule has 0 atom stereocenters. The summed E-state index contributed by atoms with van der Waals surface area (Å²) in [5.41, 5.74) is 1.31. The van der Waals surface area contributed by atoms with E-state index >= 15 is 0 Å². The first kappa shape index (κ1) is 15.5. The van der Waals surface area contributed by atoms with E-state index in [1.54, 1.807) is 0 Å². The van der Waals surface area contributed by atoms with E-state index < -0.39 is 0 Å². The maximum atomic E-state index is 6.13. The van der Waals surface area contributed by atoms with Crippen molar-refractivity contribution in [2.24, 2.45) is 0 Å². The molecule has 1 N–H and O–H groups in total. The summed E-state index contributed by atoms with van der Waals surface area (Å²) in [5.74, 6) is 1.01. The largest absolute Gasteiger partial charge is 0.490 e. The van der Waals surface area contributed by atoms with Gasteiger partial charge in [-0.2, -0.15) is 0 Å². The van der Waals surface area contributed by atoms with Crippen molar-refractivity contribution in [2.45, 2.75) is 32.0 Å². The van der Waals surface area contributed by atoms with E-state index in [4.69, 9.17) is 4.74 Å². The summed E-state index contributed by atoms with van der Waals surface area (Å²) in [5, 5.41) is 5.51. The number of nitrogens with one attached hydrogen (secondary N) is 1. The molecule has 0 unspecified atom stereocenters. The average molecular weight is 316 g/mol. The molecular formula is C18H24N2OS. The third-order valence-electron chi connectivity index (χ3n) is 3.95. The van der Waals surface area contributed by atoms with Crippen LogP contribution in [0.15, 0.2) is 41.8 Å². The number of ether oxygens (including phenoxy) is 1. The smallest absolute Gasteiger partial charge is 0.120 e. The van der Waals surface area contributed by atoms with E-state index in [2.05, 4.69) is 59.0 Å². The van der Waals surface area contributed by atoms with Gasteiger partial charge in [0.2, 0.25) is 0 Å². The third kappa shape index (κ3) is 4.57. The molecule has 4 heteroatoms. The highest BCUT2D eigenvalue weighted by atomic mass is 32.1. The van der Waals surface area contributed by atoms with Crippen LogP contribution in [0, 0.1) is 0 Å². The van der Waals surface area contributed by atoms with Gasteiger partial charge in [0.25, 0.3) is 0 Å². The first-order valence-corrected chi connectivity index (χ1v) is 8.85. The number of benzene rings is 1. The topological polar surface area (TPSA) is 24.5 Å². The van der Waals surface area contributed by atoms with Gasteiger partial charge in [-0.15, -0.1) is 11.3 Å². The van der Waals surface area contributed by atoms with Crippen LogP contribution >= 0.6 is 11.3 Å². The van der Waals surface area contributed by atoms with Crippen LogP contribution in [0.3, 0.4) is 0 Å². The van der Waals surface area contributed by atoms with Crippen molar-refractivity contribution in [3.05, 3.63) is 52.2 Å². The SMILES string of the molecule is CN(Cc1cccc(OC2CCNCC2)c1)Cc1cccs1. The summed E-state index contributed by atoms with van der Waals surface area (Å²) in [6, 6.07) is 12.8. The van der Waals surface area contributed by atoms with Gasteiger partial charge in [0.15, 0.2) is 0 Å². The fourth-order valence-electron chi connectivity index (χ4n) is 2.86. The number of thiophene rings is 1. The maximum Gasteiger partial charge on any atom is 0.120 e. The highest BCUT2D eigenvalue weighted by molar-refractivity contribution is 7.09. The molecule has 2 aromatic rings. The molecule has 1 aromatic heterocycles. The Labute approximate surface area is 136 Å². The number of hydrogen-bond acceptors (Lipinski definition) is 4. The zero-order valence-corrected chi connectivity index (χ0v) is 13.9. The van der Waals surface area contributed by atoms with E-state index in [-0.39, 0.29) is 0 Å². The average Bonchev–Trinajstić information content (AvgIpc) is 3.01. The van der Waals surface area contributed by atoms with Crippen molar-refractivity contribution in [3.63, 3.8) is 0 Å². The Hall–Kier alpha value is -1.36. The van der Waals surface area contributed by atoms with Crippen molar-refractivity contribution >= 4 is 11.3 Å². The highest BCUT2D eigenvalue weighted by Gasteiger charge is 2.14. The van der Waals surface area contributed by atoms with Crippen molar-refractivity contribution in [1.82, 2.24) is 10.2 Å². The van der Waals surface area contributed by atoms with Crippen LogP contribution in [0.1, 0.15) is 23.3 Å². The van der Waals surface area contributed by atoms with Gasteiger partial charge in [-0.1, -0.05) is 18.2 Å². The molecule has 22 heavy (non-hydrogen) atoms. The van der Waals surface area contributed by atoms with Gasteiger partial charge in [0.05, 0.1) is 0 Å². The first-order chi connectivity index (χ1) is 10.8. The summed E-state index contributed by atoms with van der Waals surface area (Å²) in [6.45, 7) is 4.07. The lowest BCUT2D eigenvalue weighted by molar-refractivity contribution is 0.162. The molecule has 1 fully saturated rings. The molecule has 1 aromatic carbocycles. The molecule has 0 amide bonds. The van der Waals surface area contributed by atoms with Crippen molar-refractivity contribution in [2.75, 3.05) is 20.1 Å². The van der Waals surface area contributed by atoms with E-state index in [0.29, 0.717) is 6.10 Å². The molecule has 0 radical (unpaired) electrons. The van der Waals surface area contributed by atoms with E-state index in [9.17, 15) is 0 Å². The Morgan fingerprint density at radius 2 is 2.05 bits per heavy atom. The predicted octanol–water partition coefficient (Wildman–Crippen LogP) is 3.51. The van der Waals surface area contributed by atoms with Crippen molar-refractivity contribution in [3.8, 4) is 5.75 Å². The number of rotatable bonds is 6. The molecule has 1 saturated heterocycles. The Bertz CT molecular complexity index is 564. The Balaban J connectivity index is 1.56. The molecule has 2 heterocycles. The molecule has 0 aliphatic carbocycles. The van der Waals surface area contributed by atoms with Gasteiger partial charge in [0.1, 0.15) is 11.9 Å². The standard InChI is InChI=1S/C18H24N2OS/c1-20(14-18-6-3-11-22-18)13-15-4-2-5-17(12-15)21-16-7-9-19-10-8-16/h2-6,11-12,16,19H,7-10,13-14H2,1H3. The van der Waals surface area contributed by atoms with Gasteiger partial charge in [0, 0.05) is 18.0 Å². The maximum absolute atomic E-state index is 6.13. The first-order valence-electron chi connectivity index (χ1n) is 7.97. The van der Waals surface area contributed by atoms with Gasteiger partial charge in [-0.05, 0) is 62.1 Å². The van der Waals surface area contributed by atoms with Gasteiger partial charge in [-0.3, -0.25) is 4.90 Å². The number of hydrogen-bond donors (Lipinski definition) is 1. The summed E-state index contributed by atoms with van der Waals surface area (Å²) < 4.78 is 6.13. The van der Waals surface area contributed by atoms with E-state index in [1.165, 1.54) is 10.4 Å².